The van der Waals surface area contributed by atoms with Crippen LogP contribution in [0, 0.1) is 0 Å². The third-order valence-electron chi connectivity index (χ3n) is 3.68. The highest BCUT2D eigenvalue weighted by Gasteiger charge is 2.25. The molecule has 5 heteroatoms. The highest BCUT2D eigenvalue weighted by Crippen LogP contribution is 2.36. The normalized spacial score (nSPS) is 24.6. The molecule has 0 aliphatic carbocycles. The quantitative estimate of drug-likeness (QED) is 0.571. The molecular weight excluding hydrogens is 272 g/mol. The van der Waals surface area contributed by atoms with E-state index in [0.29, 0.717) is 13.2 Å². The topological polar surface area (TPSA) is 49.5 Å². The third kappa shape index (κ3) is 4.09. The summed E-state index contributed by atoms with van der Waals surface area (Å²) >= 11 is 0. The molecule has 2 saturated heterocycles. The molecule has 2 aliphatic heterocycles. The van der Waals surface area contributed by atoms with Gasteiger partial charge in [-0.2, -0.15) is 0 Å². The minimum atomic E-state index is -0.0737. The molecule has 0 radical (unpaired) electrons. The van der Waals surface area contributed by atoms with E-state index in [9.17, 15) is 0 Å². The van der Waals surface area contributed by atoms with Crippen molar-refractivity contribution in [2.24, 2.45) is 0 Å². The summed E-state index contributed by atoms with van der Waals surface area (Å²) in [6.45, 7) is 2.57. The van der Waals surface area contributed by atoms with Gasteiger partial charge < -0.3 is 23.7 Å². The van der Waals surface area contributed by atoms with Gasteiger partial charge in [0.25, 0.3) is 0 Å². The van der Waals surface area contributed by atoms with Crippen LogP contribution in [0.5, 0.6) is 11.5 Å². The first-order valence-electron chi connectivity index (χ1n) is 7.52. The SMILES string of the molecule is COc1ccc(C2CO2)cc1OCCOC1CCCCO1. The summed E-state index contributed by atoms with van der Waals surface area (Å²) in [4.78, 5) is 0. The lowest BCUT2D eigenvalue weighted by molar-refractivity contribution is -0.165. The van der Waals surface area contributed by atoms with Crippen molar-refractivity contribution in [1.29, 1.82) is 0 Å². The second kappa shape index (κ2) is 7.11. The largest absolute Gasteiger partial charge is 0.493 e. The maximum atomic E-state index is 5.78. The molecular formula is C16H22O5. The van der Waals surface area contributed by atoms with Gasteiger partial charge in [-0.1, -0.05) is 6.07 Å². The van der Waals surface area contributed by atoms with Crippen LogP contribution >= 0.6 is 0 Å². The Kier molecular flexibility index (Phi) is 4.95. The van der Waals surface area contributed by atoms with Gasteiger partial charge in [-0.15, -0.1) is 0 Å². The van der Waals surface area contributed by atoms with Gasteiger partial charge in [-0.25, -0.2) is 0 Å². The van der Waals surface area contributed by atoms with Crippen LogP contribution in [0.4, 0.5) is 0 Å². The minimum absolute atomic E-state index is 0.0737. The maximum Gasteiger partial charge on any atom is 0.161 e. The Balaban J connectivity index is 1.48. The molecule has 2 unspecified atom stereocenters. The molecule has 3 rings (SSSR count). The smallest absolute Gasteiger partial charge is 0.161 e. The van der Waals surface area contributed by atoms with Crippen LogP contribution in [0.1, 0.15) is 30.9 Å². The molecule has 0 saturated carbocycles. The zero-order valence-electron chi connectivity index (χ0n) is 12.4. The summed E-state index contributed by atoms with van der Waals surface area (Å²) in [6, 6.07) is 5.90. The van der Waals surface area contributed by atoms with Gasteiger partial charge in [0.05, 0.1) is 20.3 Å². The van der Waals surface area contributed by atoms with Crippen LogP contribution in [-0.4, -0.2) is 39.8 Å². The van der Waals surface area contributed by atoms with Gasteiger partial charge in [-0.3, -0.25) is 0 Å². The molecule has 1 aromatic rings. The first kappa shape index (κ1) is 14.6. The van der Waals surface area contributed by atoms with Crippen LogP contribution in [0.3, 0.4) is 0 Å². The number of epoxide rings is 1. The Hall–Kier alpha value is -1.30. The van der Waals surface area contributed by atoms with Crippen LogP contribution in [-0.2, 0) is 14.2 Å². The van der Waals surface area contributed by atoms with E-state index in [1.165, 1.54) is 6.42 Å². The zero-order valence-corrected chi connectivity index (χ0v) is 12.4. The highest BCUT2D eigenvalue weighted by molar-refractivity contribution is 5.44. The number of hydrogen-bond acceptors (Lipinski definition) is 5. The highest BCUT2D eigenvalue weighted by atomic mass is 16.7. The van der Waals surface area contributed by atoms with Gasteiger partial charge in [0, 0.05) is 6.61 Å². The predicted octanol–water partition coefficient (Wildman–Crippen LogP) is 2.69. The molecule has 2 fully saturated rings. The predicted molar refractivity (Wildman–Crippen MR) is 76.7 cm³/mol. The average molecular weight is 294 g/mol. The lowest BCUT2D eigenvalue weighted by Crippen LogP contribution is -2.24. The van der Waals surface area contributed by atoms with E-state index in [2.05, 4.69) is 0 Å². The van der Waals surface area contributed by atoms with E-state index in [0.717, 1.165) is 43.1 Å². The zero-order chi connectivity index (χ0) is 14.5. The second-order valence-electron chi connectivity index (χ2n) is 5.25. The van der Waals surface area contributed by atoms with E-state index in [1.807, 2.05) is 18.2 Å². The van der Waals surface area contributed by atoms with Crippen LogP contribution < -0.4 is 9.47 Å². The summed E-state index contributed by atoms with van der Waals surface area (Å²) in [5.74, 6) is 1.46. The fourth-order valence-electron chi connectivity index (χ4n) is 2.42. The Morgan fingerprint density at radius 3 is 2.76 bits per heavy atom. The van der Waals surface area contributed by atoms with Gasteiger partial charge in [-0.05, 0) is 37.0 Å². The third-order valence-corrected chi connectivity index (χ3v) is 3.68. The summed E-state index contributed by atoms with van der Waals surface area (Å²) in [5, 5.41) is 0. The molecule has 0 bridgehead atoms. The molecule has 116 valence electrons. The molecule has 1 aromatic carbocycles. The van der Waals surface area contributed by atoms with Gasteiger partial charge >= 0.3 is 0 Å². The van der Waals surface area contributed by atoms with E-state index in [4.69, 9.17) is 23.7 Å². The second-order valence-corrected chi connectivity index (χ2v) is 5.25. The summed E-state index contributed by atoms with van der Waals surface area (Å²) in [5.41, 5.74) is 1.13. The van der Waals surface area contributed by atoms with Crippen molar-refractivity contribution in [1.82, 2.24) is 0 Å². The molecule has 0 aromatic heterocycles. The van der Waals surface area contributed by atoms with Crippen molar-refractivity contribution in [3.63, 3.8) is 0 Å². The number of benzene rings is 1. The fraction of sp³-hybridized carbons (Fsp3) is 0.625. The van der Waals surface area contributed by atoms with Crippen molar-refractivity contribution < 1.29 is 23.7 Å². The summed E-state index contributed by atoms with van der Waals surface area (Å²) in [6.07, 6.45) is 3.41. The first-order chi connectivity index (χ1) is 10.4. The van der Waals surface area contributed by atoms with E-state index < -0.39 is 0 Å². The lowest BCUT2D eigenvalue weighted by Gasteiger charge is -2.22. The minimum Gasteiger partial charge on any atom is -0.493 e. The Labute approximate surface area is 125 Å². The standard InChI is InChI=1S/C16H22O5/c1-17-13-6-5-12(15-11-21-15)10-14(13)18-8-9-20-16-4-2-3-7-19-16/h5-6,10,15-16H,2-4,7-9,11H2,1H3. The van der Waals surface area contributed by atoms with Gasteiger partial charge in [0.2, 0.25) is 0 Å². The molecule has 2 aliphatic rings. The van der Waals surface area contributed by atoms with Gasteiger partial charge in [0.1, 0.15) is 12.7 Å². The number of hydrogen-bond donors (Lipinski definition) is 0. The maximum absolute atomic E-state index is 5.78. The Morgan fingerprint density at radius 1 is 1.14 bits per heavy atom. The molecule has 2 atom stereocenters. The van der Waals surface area contributed by atoms with Crippen molar-refractivity contribution in [2.75, 3.05) is 33.5 Å². The molecule has 0 spiro atoms. The lowest BCUT2D eigenvalue weighted by atomic mass is 10.1. The van der Waals surface area contributed by atoms with Crippen LogP contribution in [0.15, 0.2) is 18.2 Å². The molecule has 0 amide bonds. The molecule has 0 N–H and O–H groups in total. The van der Waals surface area contributed by atoms with Crippen molar-refractivity contribution in [3.05, 3.63) is 23.8 Å². The summed E-state index contributed by atoms with van der Waals surface area (Å²) < 4.78 is 27.6. The fourth-order valence-corrected chi connectivity index (χ4v) is 2.42. The molecule has 2 heterocycles. The summed E-state index contributed by atoms with van der Waals surface area (Å²) in [7, 11) is 1.64. The number of methoxy groups -OCH3 is 1. The van der Waals surface area contributed by atoms with Crippen LogP contribution in [0.2, 0.25) is 0 Å². The van der Waals surface area contributed by atoms with E-state index in [-0.39, 0.29) is 12.4 Å². The first-order valence-corrected chi connectivity index (χ1v) is 7.52. The average Bonchev–Trinajstić information content (AvgIpc) is 3.37. The monoisotopic (exact) mass is 294 g/mol. The molecule has 5 nitrogen and oxygen atoms in total. The van der Waals surface area contributed by atoms with Crippen LogP contribution in [0.25, 0.3) is 0 Å². The Morgan fingerprint density at radius 2 is 2.05 bits per heavy atom. The van der Waals surface area contributed by atoms with E-state index in [1.54, 1.807) is 7.11 Å². The van der Waals surface area contributed by atoms with Crippen molar-refractivity contribution in [2.45, 2.75) is 31.7 Å². The van der Waals surface area contributed by atoms with Crippen molar-refractivity contribution in [3.8, 4) is 11.5 Å². The number of rotatable bonds is 7. The van der Waals surface area contributed by atoms with Crippen molar-refractivity contribution >= 4 is 0 Å². The number of ether oxygens (including phenoxy) is 5. The van der Waals surface area contributed by atoms with E-state index >= 15 is 0 Å². The molecule has 21 heavy (non-hydrogen) atoms. The van der Waals surface area contributed by atoms with Gasteiger partial charge in [0.15, 0.2) is 17.8 Å². The Bertz CT molecular complexity index is 452.